The monoisotopic (exact) mass is 312 g/mol. The van der Waals surface area contributed by atoms with Gasteiger partial charge in [0.25, 0.3) is 0 Å². The third-order valence-electron chi connectivity index (χ3n) is 4.71. The molecule has 1 spiro atoms. The van der Waals surface area contributed by atoms with Crippen LogP contribution in [0.3, 0.4) is 0 Å². The van der Waals surface area contributed by atoms with Gasteiger partial charge < -0.3 is 9.80 Å². The van der Waals surface area contributed by atoms with Gasteiger partial charge in [-0.05, 0) is 30.7 Å². The topological polar surface area (TPSA) is 49.3 Å². The Labute approximate surface area is 133 Å². The summed E-state index contributed by atoms with van der Waals surface area (Å²) in [6.07, 6.45) is 4.87. The van der Waals surface area contributed by atoms with Gasteiger partial charge in [-0.25, -0.2) is 14.4 Å². The highest BCUT2D eigenvalue weighted by Gasteiger charge is 2.48. The normalized spacial score (nSPS) is 24.0. The lowest BCUT2D eigenvalue weighted by Crippen LogP contribution is -2.31. The smallest absolute Gasteiger partial charge is 0.227 e. The van der Waals surface area contributed by atoms with E-state index >= 15 is 0 Å². The van der Waals surface area contributed by atoms with E-state index in [1.165, 1.54) is 12.1 Å². The van der Waals surface area contributed by atoms with Gasteiger partial charge in [0.05, 0.1) is 0 Å². The van der Waals surface area contributed by atoms with Crippen molar-refractivity contribution in [3.05, 3.63) is 48.5 Å². The fourth-order valence-electron chi connectivity index (χ4n) is 3.61. The van der Waals surface area contributed by atoms with Crippen molar-refractivity contribution in [2.45, 2.75) is 12.8 Å². The Hall–Kier alpha value is -2.50. The van der Waals surface area contributed by atoms with E-state index in [2.05, 4.69) is 14.9 Å². The summed E-state index contributed by atoms with van der Waals surface area (Å²) in [6, 6.07) is 8.03. The predicted molar refractivity (Wildman–Crippen MR) is 84.7 cm³/mol. The van der Waals surface area contributed by atoms with Gasteiger partial charge in [0.15, 0.2) is 0 Å². The molecule has 2 saturated heterocycles. The number of nitrogens with zero attached hydrogens (tertiary/aromatic N) is 4. The number of hydrogen-bond acceptors (Lipinski definition) is 4. The number of rotatable bonds is 2. The molecule has 0 N–H and O–H groups in total. The quantitative estimate of drug-likeness (QED) is 0.853. The summed E-state index contributed by atoms with van der Waals surface area (Å²) in [7, 11) is 0. The van der Waals surface area contributed by atoms with Crippen molar-refractivity contribution in [3.63, 3.8) is 0 Å². The van der Waals surface area contributed by atoms with E-state index in [1.54, 1.807) is 35.5 Å². The molecule has 1 atom stereocenters. The van der Waals surface area contributed by atoms with E-state index in [0.29, 0.717) is 24.6 Å². The van der Waals surface area contributed by atoms with Crippen molar-refractivity contribution < 1.29 is 9.18 Å². The molecule has 2 aromatic rings. The zero-order chi connectivity index (χ0) is 15.9. The predicted octanol–water partition coefficient (Wildman–Crippen LogP) is 2.25. The fourth-order valence-corrected chi connectivity index (χ4v) is 3.61. The molecule has 1 amide bonds. The number of halogens is 1. The Bertz CT molecular complexity index is 738. The van der Waals surface area contributed by atoms with Gasteiger partial charge in [-0.2, -0.15) is 0 Å². The molecule has 118 valence electrons. The minimum Gasteiger partial charge on any atom is -0.340 e. The Morgan fingerprint density at radius 2 is 1.96 bits per heavy atom. The molecule has 5 nitrogen and oxygen atoms in total. The molecule has 2 aliphatic heterocycles. The van der Waals surface area contributed by atoms with E-state index in [0.717, 1.165) is 19.5 Å². The first kappa shape index (κ1) is 14.1. The van der Waals surface area contributed by atoms with Crippen LogP contribution in [0.2, 0.25) is 0 Å². The van der Waals surface area contributed by atoms with Gasteiger partial charge in [-0.3, -0.25) is 4.79 Å². The molecule has 1 aromatic carbocycles. The lowest BCUT2D eigenvalue weighted by molar-refractivity contribution is -0.117. The van der Waals surface area contributed by atoms with E-state index < -0.39 is 0 Å². The largest absolute Gasteiger partial charge is 0.340 e. The Balaban J connectivity index is 1.54. The van der Waals surface area contributed by atoms with Crippen LogP contribution in [0, 0.1) is 11.2 Å². The Morgan fingerprint density at radius 3 is 2.74 bits per heavy atom. The summed E-state index contributed by atoms with van der Waals surface area (Å²) in [5.41, 5.74) is 0.545. The summed E-state index contributed by atoms with van der Waals surface area (Å²) >= 11 is 0. The first-order valence-electron chi connectivity index (χ1n) is 7.73. The SMILES string of the molecule is O=C1CC2(CCN(c3ncccn3)C2)CN1c1cccc(F)c1. The Morgan fingerprint density at radius 1 is 1.13 bits per heavy atom. The van der Waals surface area contributed by atoms with Crippen LogP contribution in [0.15, 0.2) is 42.7 Å². The second kappa shape index (κ2) is 5.30. The fraction of sp³-hybridized carbons (Fsp3) is 0.353. The van der Waals surface area contributed by atoms with Crippen LogP contribution in [0.1, 0.15) is 12.8 Å². The van der Waals surface area contributed by atoms with Crippen molar-refractivity contribution in [3.8, 4) is 0 Å². The summed E-state index contributed by atoms with van der Waals surface area (Å²) in [5.74, 6) is 0.453. The maximum Gasteiger partial charge on any atom is 0.227 e. The molecule has 4 rings (SSSR count). The first-order valence-corrected chi connectivity index (χ1v) is 7.73. The molecule has 23 heavy (non-hydrogen) atoms. The molecule has 1 aromatic heterocycles. The number of anilines is 2. The number of benzene rings is 1. The van der Waals surface area contributed by atoms with E-state index in [1.807, 2.05) is 0 Å². The number of aromatic nitrogens is 2. The zero-order valence-electron chi connectivity index (χ0n) is 12.7. The van der Waals surface area contributed by atoms with Crippen LogP contribution in [-0.2, 0) is 4.79 Å². The number of carbonyl (C=O) groups is 1. The van der Waals surface area contributed by atoms with Crippen molar-refractivity contribution in [1.82, 2.24) is 9.97 Å². The van der Waals surface area contributed by atoms with E-state index in [-0.39, 0.29) is 17.1 Å². The molecule has 0 saturated carbocycles. The lowest BCUT2D eigenvalue weighted by Gasteiger charge is -2.24. The highest BCUT2D eigenvalue weighted by Crippen LogP contribution is 2.42. The summed E-state index contributed by atoms with van der Waals surface area (Å²) in [4.78, 5) is 24.9. The van der Waals surface area contributed by atoms with Gasteiger partial charge in [0.1, 0.15) is 5.82 Å². The van der Waals surface area contributed by atoms with Gasteiger partial charge in [-0.1, -0.05) is 6.07 Å². The number of amides is 1. The lowest BCUT2D eigenvalue weighted by atomic mass is 9.86. The standard InChI is InChI=1S/C17H17FN4O/c18-13-3-1-4-14(9-13)22-12-17(10-15(22)23)5-8-21(11-17)16-19-6-2-7-20-16/h1-4,6-7,9H,5,8,10-12H2. The minimum absolute atomic E-state index is 0.0615. The minimum atomic E-state index is -0.318. The van der Waals surface area contributed by atoms with Crippen LogP contribution < -0.4 is 9.80 Å². The molecule has 6 heteroatoms. The molecule has 1 unspecified atom stereocenters. The van der Waals surface area contributed by atoms with Crippen molar-refractivity contribution >= 4 is 17.5 Å². The average Bonchev–Trinajstić information content (AvgIpc) is 3.12. The molecule has 0 bridgehead atoms. The average molecular weight is 312 g/mol. The van der Waals surface area contributed by atoms with E-state index in [4.69, 9.17) is 0 Å². The number of carbonyl (C=O) groups excluding carboxylic acids is 1. The first-order chi connectivity index (χ1) is 11.2. The Kier molecular flexibility index (Phi) is 3.25. The van der Waals surface area contributed by atoms with Crippen molar-refractivity contribution in [2.75, 3.05) is 29.4 Å². The van der Waals surface area contributed by atoms with Crippen LogP contribution in [0.5, 0.6) is 0 Å². The number of hydrogen-bond donors (Lipinski definition) is 0. The summed E-state index contributed by atoms with van der Waals surface area (Å²) < 4.78 is 13.4. The third-order valence-corrected chi connectivity index (χ3v) is 4.71. The molecule has 0 aliphatic carbocycles. The van der Waals surface area contributed by atoms with Gasteiger partial charge >= 0.3 is 0 Å². The second-order valence-corrected chi connectivity index (χ2v) is 6.36. The maximum atomic E-state index is 13.4. The third kappa shape index (κ3) is 2.54. The molecule has 3 heterocycles. The second-order valence-electron chi connectivity index (χ2n) is 6.36. The zero-order valence-corrected chi connectivity index (χ0v) is 12.7. The van der Waals surface area contributed by atoms with Crippen molar-refractivity contribution in [2.24, 2.45) is 5.41 Å². The molecule has 0 radical (unpaired) electrons. The van der Waals surface area contributed by atoms with Crippen LogP contribution in [0.4, 0.5) is 16.0 Å². The molecule has 2 fully saturated rings. The van der Waals surface area contributed by atoms with Gasteiger partial charge in [0.2, 0.25) is 11.9 Å². The van der Waals surface area contributed by atoms with Gasteiger partial charge in [-0.15, -0.1) is 0 Å². The molecular weight excluding hydrogens is 295 g/mol. The van der Waals surface area contributed by atoms with Crippen LogP contribution in [0.25, 0.3) is 0 Å². The molecular formula is C17H17FN4O. The van der Waals surface area contributed by atoms with Gasteiger partial charge in [0, 0.05) is 49.6 Å². The van der Waals surface area contributed by atoms with Crippen LogP contribution >= 0.6 is 0 Å². The molecule has 2 aliphatic rings. The summed E-state index contributed by atoms with van der Waals surface area (Å²) in [5, 5.41) is 0. The highest BCUT2D eigenvalue weighted by atomic mass is 19.1. The van der Waals surface area contributed by atoms with E-state index in [9.17, 15) is 9.18 Å². The highest BCUT2D eigenvalue weighted by molar-refractivity contribution is 5.96. The maximum absolute atomic E-state index is 13.4. The van der Waals surface area contributed by atoms with Crippen LogP contribution in [-0.4, -0.2) is 35.5 Å². The van der Waals surface area contributed by atoms with Crippen molar-refractivity contribution in [1.29, 1.82) is 0 Å². The summed E-state index contributed by atoms with van der Waals surface area (Å²) in [6.45, 7) is 2.22.